The summed E-state index contributed by atoms with van der Waals surface area (Å²) in [6, 6.07) is 11.6. The lowest BCUT2D eigenvalue weighted by atomic mass is 9.87. The highest BCUT2D eigenvalue weighted by Crippen LogP contribution is 2.50. The number of fused-ring (bicyclic) bond motifs is 1. The number of aliphatic hydroxyl groups is 1. The standard InChI is InChI=1S/C23H17ClF3NO7S/c1-33-14-8-10-20(19(12-14)34-2)36(31,32)28-17-9-7-13(24)11-16(17)22(30,21(28)29)15-5-3-4-6-18(15)35-23(25,26)27/h3-12,30H,1-2H3. The number of amides is 1. The predicted octanol–water partition coefficient (Wildman–Crippen LogP) is 4.23. The fourth-order valence-corrected chi connectivity index (χ4v) is 5.69. The highest BCUT2D eigenvalue weighted by Gasteiger charge is 2.57. The van der Waals surface area contributed by atoms with Gasteiger partial charge in [0.2, 0.25) is 5.60 Å². The number of methoxy groups -OCH3 is 2. The molecule has 8 nitrogen and oxygen atoms in total. The van der Waals surface area contributed by atoms with E-state index >= 15 is 0 Å². The zero-order chi connectivity index (χ0) is 26.5. The molecule has 1 amide bonds. The van der Waals surface area contributed by atoms with E-state index in [1.807, 2.05) is 0 Å². The summed E-state index contributed by atoms with van der Waals surface area (Å²) in [4.78, 5) is 13.3. The molecule has 1 atom stereocenters. The molecule has 1 N–H and O–H groups in total. The molecule has 36 heavy (non-hydrogen) atoms. The van der Waals surface area contributed by atoms with Crippen LogP contribution in [0, 0.1) is 0 Å². The lowest BCUT2D eigenvalue weighted by Crippen LogP contribution is -2.44. The Bertz CT molecular complexity index is 1460. The summed E-state index contributed by atoms with van der Waals surface area (Å²) in [5.41, 5.74) is -4.19. The highest BCUT2D eigenvalue weighted by molar-refractivity contribution is 7.93. The summed E-state index contributed by atoms with van der Waals surface area (Å²) in [6.45, 7) is 0. The van der Waals surface area contributed by atoms with Gasteiger partial charge < -0.3 is 19.3 Å². The summed E-state index contributed by atoms with van der Waals surface area (Å²) in [5, 5.41) is 11.7. The Kier molecular flexibility index (Phi) is 6.31. The zero-order valence-corrected chi connectivity index (χ0v) is 20.1. The van der Waals surface area contributed by atoms with E-state index in [0.29, 0.717) is 4.31 Å². The van der Waals surface area contributed by atoms with Crippen molar-refractivity contribution < 1.29 is 45.7 Å². The fourth-order valence-electron chi connectivity index (χ4n) is 3.91. The molecule has 0 spiro atoms. The van der Waals surface area contributed by atoms with Crippen LogP contribution in [0.3, 0.4) is 0 Å². The molecule has 1 unspecified atom stereocenters. The SMILES string of the molecule is COc1ccc(S(=O)(=O)N2C(=O)C(O)(c3ccccc3OC(F)(F)F)c3cc(Cl)ccc32)c(OC)c1. The van der Waals surface area contributed by atoms with Crippen molar-refractivity contribution in [2.45, 2.75) is 16.9 Å². The number of sulfonamides is 1. The minimum Gasteiger partial charge on any atom is -0.497 e. The average Bonchev–Trinajstić information content (AvgIpc) is 3.05. The van der Waals surface area contributed by atoms with E-state index in [4.69, 9.17) is 21.1 Å². The molecule has 0 radical (unpaired) electrons. The van der Waals surface area contributed by atoms with E-state index in [1.165, 1.54) is 44.6 Å². The Morgan fingerprint density at radius 2 is 1.64 bits per heavy atom. The second-order valence-electron chi connectivity index (χ2n) is 7.51. The third-order valence-electron chi connectivity index (χ3n) is 5.45. The Morgan fingerprint density at radius 3 is 2.28 bits per heavy atom. The molecule has 0 bridgehead atoms. The summed E-state index contributed by atoms with van der Waals surface area (Å²) in [7, 11) is -2.21. The van der Waals surface area contributed by atoms with Crippen LogP contribution in [-0.4, -0.2) is 40.0 Å². The van der Waals surface area contributed by atoms with E-state index in [1.54, 1.807) is 0 Å². The van der Waals surface area contributed by atoms with Crippen LogP contribution in [0.1, 0.15) is 11.1 Å². The number of ether oxygens (including phenoxy) is 3. The number of alkyl halides is 3. The van der Waals surface area contributed by atoms with Crippen molar-refractivity contribution in [3.8, 4) is 17.2 Å². The van der Waals surface area contributed by atoms with Gasteiger partial charge in [0.1, 0.15) is 22.1 Å². The topological polar surface area (TPSA) is 102 Å². The van der Waals surface area contributed by atoms with Crippen LogP contribution in [-0.2, 0) is 20.4 Å². The molecule has 0 fully saturated rings. The lowest BCUT2D eigenvalue weighted by molar-refractivity contribution is -0.275. The van der Waals surface area contributed by atoms with Crippen molar-refractivity contribution in [3.05, 3.63) is 76.8 Å². The molecule has 1 aliphatic heterocycles. The van der Waals surface area contributed by atoms with Crippen LogP contribution in [0.2, 0.25) is 5.02 Å². The predicted molar refractivity (Wildman–Crippen MR) is 122 cm³/mol. The van der Waals surface area contributed by atoms with Crippen molar-refractivity contribution in [3.63, 3.8) is 0 Å². The number of benzene rings is 3. The zero-order valence-electron chi connectivity index (χ0n) is 18.5. The molecule has 0 saturated heterocycles. The quantitative estimate of drug-likeness (QED) is 0.496. The van der Waals surface area contributed by atoms with Gasteiger partial charge in [-0.05, 0) is 36.4 Å². The van der Waals surface area contributed by atoms with Gasteiger partial charge in [-0.25, -0.2) is 8.42 Å². The molecule has 1 aliphatic rings. The molecule has 0 aliphatic carbocycles. The minimum atomic E-state index is -5.16. The van der Waals surface area contributed by atoms with Crippen molar-refractivity contribution >= 4 is 33.2 Å². The Labute approximate surface area is 208 Å². The monoisotopic (exact) mass is 543 g/mol. The summed E-state index contributed by atoms with van der Waals surface area (Å²) < 4.78 is 81.3. The Hall–Kier alpha value is -3.48. The van der Waals surface area contributed by atoms with Gasteiger partial charge in [0.05, 0.1) is 19.9 Å². The van der Waals surface area contributed by atoms with Gasteiger partial charge in [-0.15, -0.1) is 13.2 Å². The third kappa shape index (κ3) is 4.10. The van der Waals surface area contributed by atoms with Crippen LogP contribution in [0.5, 0.6) is 17.2 Å². The first-order valence-electron chi connectivity index (χ1n) is 10.0. The number of hydrogen-bond donors (Lipinski definition) is 1. The van der Waals surface area contributed by atoms with Crippen molar-refractivity contribution in [2.24, 2.45) is 0 Å². The van der Waals surface area contributed by atoms with Crippen LogP contribution in [0.25, 0.3) is 0 Å². The van der Waals surface area contributed by atoms with Gasteiger partial charge in [-0.1, -0.05) is 29.8 Å². The number of halogens is 4. The van der Waals surface area contributed by atoms with E-state index in [2.05, 4.69) is 4.74 Å². The molecule has 190 valence electrons. The van der Waals surface area contributed by atoms with Crippen molar-refractivity contribution in [2.75, 3.05) is 18.5 Å². The molecule has 4 rings (SSSR count). The van der Waals surface area contributed by atoms with Crippen LogP contribution >= 0.6 is 11.6 Å². The molecule has 3 aromatic rings. The van der Waals surface area contributed by atoms with Crippen LogP contribution in [0.15, 0.2) is 65.6 Å². The van der Waals surface area contributed by atoms with E-state index in [0.717, 1.165) is 30.3 Å². The minimum absolute atomic E-state index is 0.00419. The molecule has 1 heterocycles. The fraction of sp³-hybridized carbons (Fsp3) is 0.174. The number of carbonyl (C=O) groups is 1. The Morgan fingerprint density at radius 1 is 0.944 bits per heavy atom. The molecule has 0 aromatic heterocycles. The summed E-state index contributed by atoms with van der Waals surface area (Å²) >= 11 is 6.06. The second-order valence-corrected chi connectivity index (χ2v) is 9.70. The maximum Gasteiger partial charge on any atom is 0.573 e. The second kappa shape index (κ2) is 8.87. The molecular weight excluding hydrogens is 527 g/mol. The number of anilines is 1. The number of para-hydroxylation sites is 1. The maximum atomic E-state index is 13.7. The number of hydrogen-bond acceptors (Lipinski definition) is 7. The first-order chi connectivity index (χ1) is 16.8. The molecule has 13 heteroatoms. The molecular formula is C23H17ClF3NO7S. The number of carbonyl (C=O) groups excluding carboxylic acids is 1. The van der Waals surface area contributed by atoms with E-state index in [9.17, 15) is 31.5 Å². The number of nitrogens with zero attached hydrogens (tertiary/aromatic N) is 1. The van der Waals surface area contributed by atoms with Crippen LogP contribution < -0.4 is 18.5 Å². The first kappa shape index (κ1) is 25.6. The number of rotatable bonds is 6. The maximum absolute atomic E-state index is 13.7. The largest absolute Gasteiger partial charge is 0.573 e. The molecule has 0 saturated carbocycles. The lowest BCUT2D eigenvalue weighted by Gasteiger charge is -2.26. The van der Waals surface area contributed by atoms with Gasteiger partial charge in [0.25, 0.3) is 15.9 Å². The highest BCUT2D eigenvalue weighted by atomic mass is 35.5. The first-order valence-corrected chi connectivity index (χ1v) is 11.9. The van der Waals surface area contributed by atoms with Gasteiger partial charge in [0, 0.05) is 22.2 Å². The van der Waals surface area contributed by atoms with Gasteiger partial charge in [0.15, 0.2) is 0 Å². The van der Waals surface area contributed by atoms with Crippen molar-refractivity contribution in [1.29, 1.82) is 0 Å². The van der Waals surface area contributed by atoms with E-state index < -0.39 is 44.1 Å². The van der Waals surface area contributed by atoms with Crippen molar-refractivity contribution in [1.82, 2.24) is 0 Å². The van der Waals surface area contributed by atoms with Gasteiger partial charge in [-0.3, -0.25) is 4.79 Å². The van der Waals surface area contributed by atoms with E-state index in [-0.39, 0.29) is 27.8 Å². The molecule has 3 aromatic carbocycles. The normalized spacial score (nSPS) is 17.6. The Balaban J connectivity index is 1.96. The van der Waals surface area contributed by atoms with Gasteiger partial charge in [-0.2, -0.15) is 4.31 Å². The summed E-state index contributed by atoms with van der Waals surface area (Å²) in [5.74, 6) is -2.27. The average molecular weight is 544 g/mol. The summed E-state index contributed by atoms with van der Waals surface area (Å²) in [6.07, 6.45) is -5.16. The van der Waals surface area contributed by atoms with Gasteiger partial charge >= 0.3 is 6.36 Å². The third-order valence-corrected chi connectivity index (χ3v) is 7.42. The smallest absolute Gasteiger partial charge is 0.497 e. The van der Waals surface area contributed by atoms with Crippen LogP contribution in [0.4, 0.5) is 18.9 Å².